The van der Waals surface area contributed by atoms with Crippen molar-refractivity contribution < 1.29 is 9.47 Å². The van der Waals surface area contributed by atoms with Crippen LogP contribution >= 0.6 is 23.2 Å². The molecule has 3 aromatic carbocycles. The molecule has 0 spiro atoms. The van der Waals surface area contributed by atoms with Gasteiger partial charge in [0, 0.05) is 28.2 Å². The van der Waals surface area contributed by atoms with Gasteiger partial charge in [0.25, 0.3) is 0 Å². The lowest BCUT2D eigenvalue weighted by atomic mass is 10.0. The van der Waals surface area contributed by atoms with Crippen LogP contribution in [0.5, 0.6) is 11.5 Å². The van der Waals surface area contributed by atoms with Crippen molar-refractivity contribution in [3.05, 3.63) is 93.5 Å². The summed E-state index contributed by atoms with van der Waals surface area (Å²) in [6.45, 7) is 3.30. The van der Waals surface area contributed by atoms with Crippen LogP contribution in [0.15, 0.2) is 66.7 Å². The van der Waals surface area contributed by atoms with Crippen molar-refractivity contribution in [1.29, 1.82) is 0 Å². The second-order valence-corrected chi connectivity index (χ2v) is 7.99. The molecule has 0 bridgehead atoms. The Hall–Kier alpha value is -2.20. The standard InChI is InChI=1S/C25H27Cl2NO2/c1-3-7-23(19-8-5-4-6-9-19)28-16-18-10-13-24(25(14-18)29-2)30-17-20-11-12-21(26)15-22(20)27/h4-6,8-15,23,28H,3,7,16-17H2,1-2H3. The molecule has 0 saturated heterocycles. The van der Waals surface area contributed by atoms with Gasteiger partial charge in [-0.25, -0.2) is 0 Å². The fourth-order valence-electron chi connectivity index (χ4n) is 3.34. The summed E-state index contributed by atoms with van der Waals surface area (Å²) >= 11 is 12.2. The van der Waals surface area contributed by atoms with Crippen molar-refractivity contribution in [3.8, 4) is 11.5 Å². The Morgan fingerprint density at radius 1 is 0.933 bits per heavy atom. The van der Waals surface area contributed by atoms with Gasteiger partial charge in [0.2, 0.25) is 0 Å². The molecular formula is C25H27Cl2NO2. The van der Waals surface area contributed by atoms with E-state index in [0.717, 1.165) is 30.5 Å². The fourth-order valence-corrected chi connectivity index (χ4v) is 3.80. The summed E-state index contributed by atoms with van der Waals surface area (Å²) in [5.74, 6) is 1.38. The molecule has 0 heterocycles. The minimum absolute atomic E-state index is 0.324. The number of hydrogen-bond acceptors (Lipinski definition) is 3. The molecule has 1 atom stereocenters. The lowest BCUT2D eigenvalue weighted by Crippen LogP contribution is -2.20. The lowest BCUT2D eigenvalue weighted by molar-refractivity contribution is 0.284. The lowest BCUT2D eigenvalue weighted by Gasteiger charge is -2.19. The molecule has 0 aliphatic heterocycles. The molecule has 0 fully saturated rings. The summed E-state index contributed by atoms with van der Waals surface area (Å²) < 4.78 is 11.5. The molecule has 5 heteroatoms. The van der Waals surface area contributed by atoms with Crippen LogP contribution in [0.25, 0.3) is 0 Å². The van der Waals surface area contributed by atoms with Crippen molar-refractivity contribution in [3.63, 3.8) is 0 Å². The Bertz CT molecular complexity index is 947. The van der Waals surface area contributed by atoms with E-state index < -0.39 is 0 Å². The molecule has 0 radical (unpaired) electrons. The van der Waals surface area contributed by atoms with E-state index in [0.29, 0.717) is 34.2 Å². The number of hydrogen-bond donors (Lipinski definition) is 1. The molecule has 158 valence electrons. The number of benzene rings is 3. The summed E-state index contributed by atoms with van der Waals surface area (Å²) in [5.41, 5.74) is 3.33. The van der Waals surface area contributed by atoms with Crippen LogP contribution in [0.2, 0.25) is 10.0 Å². The van der Waals surface area contributed by atoms with Crippen LogP contribution in [-0.2, 0) is 13.2 Å². The van der Waals surface area contributed by atoms with Gasteiger partial charge in [0.15, 0.2) is 11.5 Å². The van der Waals surface area contributed by atoms with Crippen LogP contribution in [-0.4, -0.2) is 7.11 Å². The van der Waals surface area contributed by atoms with Gasteiger partial charge in [0.05, 0.1) is 7.11 Å². The zero-order chi connectivity index (χ0) is 21.3. The van der Waals surface area contributed by atoms with Gasteiger partial charge in [-0.2, -0.15) is 0 Å². The number of methoxy groups -OCH3 is 1. The predicted octanol–water partition coefficient (Wildman–Crippen LogP) is 7.21. The van der Waals surface area contributed by atoms with E-state index in [-0.39, 0.29) is 0 Å². The quantitative estimate of drug-likeness (QED) is 0.358. The van der Waals surface area contributed by atoms with Gasteiger partial charge >= 0.3 is 0 Å². The maximum atomic E-state index is 6.24. The Labute approximate surface area is 188 Å². The highest BCUT2D eigenvalue weighted by Gasteiger charge is 2.12. The third-order valence-corrected chi connectivity index (χ3v) is 5.55. The molecule has 3 nitrogen and oxygen atoms in total. The first-order valence-electron chi connectivity index (χ1n) is 10.1. The van der Waals surface area contributed by atoms with Crippen LogP contribution in [0, 0.1) is 0 Å². The average Bonchev–Trinajstić information content (AvgIpc) is 2.77. The van der Waals surface area contributed by atoms with Crippen molar-refractivity contribution in [1.82, 2.24) is 5.32 Å². The molecule has 1 unspecified atom stereocenters. The summed E-state index contributed by atoms with van der Waals surface area (Å²) in [6.07, 6.45) is 2.21. The summed E-state index contributed by atoms with van der Waals surface area (Å²) in [4.78, 5) is 0. The largest absolute Gasteiger partial charge is 0.493 e. The van der Waals surface area contributed by atoms with Gasteiger partial charge < -0.3 is 14.8 Å². The van der Waals surface area contributed by atoms with Crippen molar-refractivity contribution in [2.75, 3.05) is 7.11 Å². The van der Waals surface area contributed by atoms with Crippen LogP contribution in [0.3, 0.4) is 0 Å². The van der Waals surface area contributed by atoms with Gasteiger partial charge in [0.1, 0.15) is 6.61 Å². The Morgan fingerprint density at radius 3 is 2.43 bits per heavy atom. The van der Waals surface area contributed by atoms with Gasteiger partial charge in [-0.15, -0.1) is 0 Å². The summed E-state index contributed by atoms with van der Waals surface area (Å²) in [6, 6.07) is 22.3. The second-order valence-electron chi connectivity index (χ2n) is 7.14. The molecular weight excluding hydrogens is 417 g/mol. The molecule has 30 heavy (non-hydrogen) atoms. The monoisotopic (exact) mass is 443 g/mol. The Morgan fingerprint density at radius 2 is 1.73 bits per heavy atom. The Kier molecular flexibility index (Phi) is 8.44. The molecule has 1 N–H and O–H groups in total. The van der Waals surface area contributed by atoms with Crippen molar-refractivity contribution >= 4 is 23.2 Å². The smallest absolute Gasteiger partial charge is 0.161 e. The summed E-state index contributed by atoms with van der Waals surface area (Å²) in [7, 11) is 1.65. The first kappa shape index (κ1) is 22.5. The molecule has 0 aliphatic rings. The number of rotatable bonds is 10. The van der Waals surface area contributed by atoms with E-state index in [2.05, 4.69) is 42.6 Å². The molecule has 3 rings (SSSR count). The first-order chi connectivity index (χ1) is 14.6. The van der Waals surface area contributed by atoms with E-state index in [9.17, 15) is 0 Å². The number of nitrogens with one attached hydrogen (secondary N) is 1. The fraction of sp³-hybridized carbons (Fsp3) is 0.280. The molecule has 0 saturated carbocycles. The topological polar surface area (TPSA) is 30.5 Å². The second kappa shape index (κ2) is 11.3. The normalized spacial score (nSPS) is 11.9. The van der Waals surface area contributed by atoms with Crippen molar-refractivity contribution in [2.24, 2.45) is 0 Å². The van der Waals surface area contributed by atoms with Gasteiger partial charge in [-0.05, 0) is 41.8 Å². The molecule has 3 aromatic rings. The SMILES string of the molecule is CCCC(NCc1ccc(OCc2ccc(Cl)cc2Cl)c(OC)c1)c1ccccc1. The minimum atomic E-state index is 0.324. The van der Waals surface area contributed by atoms with E-state index in [4.69, 9.17) is 32.7 Å². The highest BCUT2D eigenvalue weighted by atomic mass is 35.5. The summed E-state index contributed by atoms with van der Waals surface area (Å²) in [5, 5.41) is 4.86. The predicted molar refractivity (Wildman–Crippen MR) is 125 cm³/mol. The molecule has 0 aromatic heterocycles. The van der Waals surface area contributed by atoms with Gasteiger partial charge in [-0.1, -0.05) is 79.0 Å². The van der Waals surface area contributed by atoms with E-state index in [1.54, 1.807) is 19.2 Å². The zero-order valence-corrected chi connectivity index (χ0v) is 18.8. The zero-order valence-electron chi connectivity index (χ0n) is 17.3. The third kappa shape index (κ3) is 6.15. The maximum Gasteiger partial charge on any atom is 0.161 e. The highest BCUT2D eigenvalue weighted by Crippen LogP contribution is 2.30. The van der Waals surface area contributed by atoms with Crippen LogP contribution in [0.4, 0.5) is 0 Å². The molecule has 0 amide bonds. The number of ether oxygens (including phenoxy) is 2. The van der Waals surface area contributed by atoms with E-state index in [1.807, 2.05) is 24.3 Å². The van der Waals surface area contributed by atoms with Crippen molar-refractivity contribution in [2.45, 2.75) is 39.0 Å². The number of halogens is 2. The minimum Gasteiger partial charge on any atom is -0.493 e. The van der Waals surface area contributed by atoms with E-state index in [1.165, 1.54) is 5.56 Å². The highest BCUT2D eigenvalue weighted by molar-refractivity contribution is 6.35. The van der Waals surface area contributed by atoms with Crippen LogP contribution in [0.1, 0.15) is 42.5 Å². The van der Waals surface area contributed by atoms with E-state index >= 15 is 0 Å². The Balaban J connectivity index is 1.65. The maximum absolute atomic E-state index is 6.24. The van der Waals surface area contributed by atoms with Gasteiger partial charge in [-0.3, -0.25) is 0 Å². The third-order valence-electron chi connectivity index (χ3n) is 4.96. The molecule has 0 aliphatic carbocycles. The first-order valence-corrected chi connectivity index (χ1v) is 10.9. The van der Waals surface area contributed by atoms with Crippen LogP contribution < -0.4 is 14.8 Å². The average molecular weight is 444 g/mol.